The van der Waals surface area contributed by atoms with Crippen molar-refractivity contribution in [2.75, 3.05) is 0 Å². The SMILES string of the molecule is Cc1cc2c(C#N)c3oc(C)cc3c(Br)c2o1. The van der Waals surface area contributed by atoms with Crippen LogP contribution in [-0.4, -0.2) is 0 Å². The number of hydrogen-bond donors (Lipinski definition) is 0. The molecule has 0 fully saturated rings. The van der Waals surface area contributed by atoms with Crippen LogP contribution in [-0.2, 0) is 0 Å². The second kappa shape index (κ2) is 3.38. The molecule has 84 valence electrons. The van der Waals surface area contributed by atoms with Gasteiger partial charge in [-0.05, 0) is 41.9 Å². The number of halogens is 1. The van der Waals surface area contributed by atoms with E-state index in [0.717, 1.165) is 26.8 Å². The van der Waals surface area contributed by atoms with Crippen LogP contribution in [0.15, 0.2) is 25.4 Å². The zero-order valence-electron chi connectivity index (χ0n) is 9.30. The summed E-state index contributed by atoms with van der Waals surface area (Å²) in [6.45, 7) is 3.72. The van der Waals surface area contributed by atoms with Crippen molar-refractivity contribution >= 4 is 37.9 Å². The van der Waals surface area contributed by atoms with Crippen LogP contribution in [0, 0.1) is 25.2 Å². The number of hydrogen-bond acceptors (Lipinski definition) is 3. The van der Waals surface area contributed by atoms with Gasteiger partial charge in [-0.15, -0.1) is 0 Å². The number of aryl methyl sites for hydroxylation is 2. The Morgan fingerprint density at radius 2 is 1.65 bits per heavy atom. The Hall–Kier alpha value is -1.73. The van der Waals surface area contributed by atoms with Crippen molar-refractivity contribution in [3.05, 3.63) is 33.7 Å². The third-order valence-corrected chi connectivity index (χ3v) is 3.54. The minimum Gasteiger partial charge on any atom is -0.460 e. The lowest BCUT2D eigenvalue weighted by Crippen LogP contribution is -1.79. The lowest BCUT2D eigenvalue weighted by molar-refractivity contribution is 0.574. The fraction of sp³-hybridized carbons (Fsp3) is 0.154. The molecule has 2 aromatic heterocycles. The van der Waals surface area contributed by atoms with E-state index >= 15 is 0 Å². The van der Waals surface area contributed by atoms with Gasteiger partial charge in [0.1, 0.15) is 23.2 Å². The van der Waals surface area contributed by atoms with E-state index < -0.39 is 0 Å². The summed E-state index contributed by atoms with van der Waals surface area (Å²) in [7, 11) is 0. The molecule has 0 aliphatic rings. The van der Waals surface area contributed by atoms with E-state index in [1.165, 1.54) is 0 Å². The van der Waals surface area contributed by atoms with Gasteiger partial charge in [-0.2, -0.15) is 5.26 Å². The number of nitriles is 1. The third kappa shape index (κ3) is 1.32. The van der Waals surface area contributed by atoms with E-state index in [4.69, 9.17) is 8.83 Å². The van der Waals surface area contributed by atoms with Gasteiger partial charge in [-0.25, -0.2) is 0 Å². The monoisotopic (exact) mass is 289 g/mol. The molecule has 0 atom stereocenters. The predicted octanol–water partition coefficient (Wildman–Crippen LogP) is 4.43. The highest BCUT2D eigenvalue weighted by atomic mass is 79.9. The molecule has 0 aliphatic heterocycles. The summed E-state index contributed by atoms with van der Waals surface area (Å²) >= 11 is 3.51. The van der Waals surface area contributed by atoms with E-state index in [2.05, 4.69) is 22.0 Å². The maximum Gasteiger partial charge on any atom is 0.154 e. The van der Waals surface area contributed by atoms with Crippen LogP contribution in [0.2, 0.25) is 0 Å². The summed E-state index contributed by atoms with van der Waals surface area (Å²) in [6, 6.07) is 5.95. The van der Waals surface area contributed by atoms with Gasteiger partial charge in [0.25, 0.3) is 0 Å². The van der Waals surface area contributed by atoms with Gasteiger partial charge in [0, 0.05) is 10.8 Å². The molecule has 3 aromatic rings. The lowest BCUT2D eigenvalue weighted by Gasteiger charge is -1.98. The molecule has 0 aliphatic carbocycles. The highest BCUT2D eigenvalue weighted by Crippen LogP contribution is 2.39. The zero-order valence-corrected chi connectivity index (χ0v) is 10.9. The molecule has 17 heavy (non-hydrogen) atoms. The standard InChI is InChI=1S/C13H8BrNO2/c1-6-3-8-10(5-15)12-9(4-7(2)16-12)11(14)13(8)17-6/h3-4H,1-2H3. The maximum atomic E-state index is 9.28. The first kappa shape index (κ1) is 10.4. The summed E-state index contributed by atoms with van der Waals surface area (Å²) < 4.78 is 12.1. The topological polar surface area (TPSA) is 50.1 Å². The first-order valence-electron chi connectivity index (χ1n) is 5.13. The molecule has 0 amide bonds. The van der Waals surface area contributed by atoms with Gasteiger partial charge in [0.15, 0.2) is 11.2 Å². The number of nitrogens with zero attached hydrogens (tertiary/aromatic N) is 1. The van der Waals surface area contributed by atoms with Crippen molar-refractivity contribution in [3.63, 3.8) is 0 Å². The van der Waals surface area contributed by atoms with Crippen LogP contribution in [0.5, 0.6) is 0 Å². The van der Waals surface area contributed by atoms with Gasteiger partial charge in [0.05, 0.1) is 4.47 Å². The molecule has 0 unspecified atom stereocenters. The number of fused-ring (bicyclic) bond motifs is 2. The van der Waals surface area contributed by atoms with Crippen LogP contribution in [0.4, 0.5) is 0 Å². The molecule has 3 nitrogen and oxygen atoms in total. The molecule has 0 N–H and O–H groups in total. The Kier molecular flexibility index (Phi) is 2.07. The molecule has 0 saturated carbocycles. The molecular formula is C13H8BrNO2. The van der Waals surface area contributed by atoms with Crippen molar-refractivity contribution in [3.8, 4) is 6.07 Å². The van der Waals surface area contributed by atoms with Crippen LogP contribution in [0.1, 0.15) is 17.1 Å². The Balaban J connectivity index is 2.67. The smallest absolute Gasteiger partial charge is 0.154 e. The van der Waals surface area contributed by atoms with Crippen LogP contribution in [0.3, 0.4) is 0 Å². The second-order valence-electron chi connectivity index (χ2n) is 4.00. The minimum atomic E-state index is 0.531. The Morgan fingerprint density at radius 3 is 2.29 bits per heavy atom. The molecule has 1 aromatic carbocycles. The van der Waals surface area contributed by atoms with E-state index in [0.29, 0.717) is 16.7 Å². The summed E-state index contributed by atoms with van der Waals surface area (Å²) in [4.78, 5) is 0. The largest absolute Gasteiger partial charge is 0.460 e. The average Bonchev–Trinajstić information content (AvgIpc) is 2.83. The van der Waals surface area contributed by atoms with Crippen molar-refractivity contribution in [2.45, 2.75) is 13.8 Å². The first-order chi connectivity index (χ1) is 8.11. The lowest BCUT2D eigenvalue weighted by atomic mass is 10.1. The van der Waals surface area contributed by atoms with Gasteiger partial charge in [0.2, 0.25) is 0 Å². The number of rotatable bonds is 0. The minimum absolute atomic E-state index is 0.531. The van der Waals surface area contributed by atoms with Crippen molar-refractivity contribution in [1.29, 1.82) is 5.26 Å². The van der Waals surface area contributed by atoms with E-state index in [-0.39, 0.29) is 0 Å². The van der Waals surface area contributed by atoms with E-state index in [1.807, 2.05) is 26.0 Å². The van der Waals surface area contributed by atoms with E-state index in [9.17, 15) is 5.26 Å². The Morgan fingerprint density at radius 1 is 1.06 bits per heavy atom. The molecule has 0 radical (unpaired) electrons. The summed E-state index contributed by atoms with van der Waals surface area (Å²) in [6.07, 6.45) is 0. The zero-order chi connectivity index (χ0) is 12.2. The van der Waals surface area contributed by atoms with Crippen molar-refractivity contribution in [1.82, 2.24) is 0 Å². The highest BCUT2D eigenvalue weighted by Gasteiger charge is 2.18. The fourth-order valence-corrected chi connectivity index (χ4v) is 2.67. The summed E-state index contributed by atoms with van der Waals surface area (Å²) in [5, 5.41) is 10.9. The average molecular weight is 290 g/mol. The van der Waals surface area contributed by atoms with E-state index in [1.54, 1.807) is 0 Å². The molecule has 2 heterocycles. The molecule has 0 bridgehead atoms. The van der Waals surface area contributed by atoms with Crippen LogP contribution >= 0.6 is 15.9 Å². The predicted molar refractivity (Wildman–Crippen MR) is 67.9 cm³/mol. The first-order valence-corrected chi connectivity index (χ1v) is 5.93. The Labute approximate surface area is 106 Å². The molecule has 0 spiro atoms. The van der Waals surface area contributed by atoms with Gasteiger partial charge in [-0.3, -0.25) is 0 Å². The molecular weight excluding hydrogens is 282 g/mol. The van der Waals surface area contributed by atoms with Gasteiger partial charge in [-0.1, -0.05) is 0 Å². The highest BCUT2D eigenvalue weighted by molar-refractivity contribution is 9.10. The second-order valence-corrected chi connectivity index (χ2v) is 4.79. The van der Waals surface area contributed by atoms with Crippen LogP contribution in [0.25, 0.3) is 21.9 Å². The maximum absolute atomic E-state index is 9.28. The molecule has 4 heteroatoms. The van der Waals surface area contributed by atoms with Crippen molar-refractivity contribution < 1.29 is 8.83 Å². The van der Waals surface area contributed by atoms with Crippen LogP contribution < -0.4 is 0 Å². The molecule has 0 saturated heterocycles. The van der Waals surface area contributed by atoms with Crippen molar-refractivity contribution in [2.24, 2.45) is 0 Å². The molecule has 3 rings (SSSR count). The normalized spacial score (nSPS) is 11.2. The summed E-state index contributed by atoms with van der Waals surface area (Å²) in [5.41, 5.74) is 1.85. The quantitative estimate of drug-likeness (QED) is 0.615. The number of furan rings is 2. The van der Waals surface area contributed by atoms with Gasteiger partial charge >= 0.3 is 0 Å². The fourth-order valence-electron chi connectivity index (χ4n) is 2.08. The summed E-state index contributed by atoms with van der Waals surface area (Å²) in [5.74, 6) is 1.56. The number of benzene rings is 1. The third-order valence-electron chi connectivity index (χ3n) is 2.75. The van der Waals surface area contributed by atoms with Gasteiger partial charge < -0.3 is 8.83 Å². The Bertz CT molecular complexity index is 732.